The van der Waals surface area contributed by atoms with Crippen LogP contribution in [0.5, 0.6) is 0 Å². The van der Waals surface area contributed by atoms with E-state index < -0.39 is 12.1 Å². The Bertz CT molecular complexity index is 521. The molecular weight excluding hydrogens is 278 g/mol. The van der Waals surface area contributed by atoms with Crippen molar-refractivity contribution in [3.63, 3.8) is 0 Å². The van der Waals surface area contributed by atoms with Crippen LogP contribution in [0, 0.1) is 5.92 Å². The average molecular weight is 297 g/mol. The highest BCUT2D eigenvalue weighted by molar-refractivity contribution is 7.17. The second-order valence-electron chi connectivity index (χ2n) is 5.34. The fourth-order valence-electron chi connectivity index (χ4n) is 2.25. The maximum absolute atomic E-state index is 11.7. The molecule has 1 aliphatic rings. The summed E-state index contributed by atoms with van der Waals surface area (Å²) in [5.41, 5.74) is 1.12. The number of amides is 1. The predicted octanol–water partition coefficient (Wildman–Crippen LogP) is 3.53. The molecule has 1 aromatic rings. The van der Waals surface area contributed by atoms with Crippen molar-refractivity contribution in [1.29, 1.82) is 0 Å². The normalized spacial score (nSPS) is 13.9. The van der Waals surface area contributed by atoms with Gasteiger partial charge in [-0.15, -0.1) is 11.3 Å². The Labute approximate surface area is 121 Å². The number of carboxylic acid groups (broad SMARTS) is 1. The number of nitrogens with one attached hydrogen (secondary N) is 1. The monoisotopic (exact) mass is 297 g/mol. The largest absolute Gasteiger partial charge is 0.478 e. The lowest BCUT2D eigenvalue weighted by Gasteiger charge is -2.11. The van der Waals surface area contributed by atoms with Gasteiger partial charge < -0.3 is 9.84 Å². The third-order valence-electron chi connectivity index (χ3n) is 3.15. The first kappa shape index (κ1) is 14.8. The van der Waals surface area contributed by atoms with E-state index in [9.17, 15) is 14.7 Å². The lowest BCUT2D eigenvalue weighted by molar-refractivity contribution is 0.0697. The molecule has 0 saturated carbocycles. The van der Waals surface area contributed by atoms with Gasteiger partial charge in [-0.2, -0.15) is 0 Å². The highest BCUT2D eigenvalue weighted by atomic mass is 32.1. The second kappa shape index (κ2) is 6.26. The number of carboxylic acids is 1. The number of carbonyl (C=O) groups excluding carboxylic acids is 1. The third kappa shape index (κ3) is 3.30. The van der Waals surface area contributed by atoms with Crippen molar-refractivity contribution in [3.05, 3.63) is 16.0 Å². The molecule has 110 valence electrons. The molecule has 20 heavy (non-hydrogen) atoms. The second-order valence-corrected chi connectivity index (χ2v) is 6.44. The van der Waals surface area contributed by atoms with E-state index in [0.717, 1.165) is 36.1 Å². The molecule has 0 aliphatic heterocycles. The molecule has 1 aliphatic carbocycles. The zero-order valence-electron chi connectivity index (χ0n) is 11.7. The van der Waals surface area contributed by atoms with Crippen LogP contribution in [0.25, 0.3) is 0 Å². The van der Waals surface area contributed by atoms with E-state index in [1.165, 1.54) is 11.3 Å². The molecule has 1 amide bonds. The summed E-state index contributed by atoms with van der Waals surface area (Å²) in [6.07, 6.45) is 3.16. The molecule has 6 heteroatoms. The maximum atomic E-state index is 11.7. The van der Waals surface area contributed by atoms with E-state index in [0.29, 0.717) is 11.6 Å². The number of rotatable bonds is 4. The maximum Gasteiger partial charge on any atom is 0.412 e. The van der Waals surface area contributed by atoms with Crippen LogP contribution in [-0.4, -0.2) is 23.8 Å². The number of anilines is 1. The Morgan fingerprint density at radius 1 is 1.35 bits per heavy atom. The van der Waals surface area contributed by atoms with Gasteiger partial charge in [0.2, 0.25) is 0 Å². The van der Waals surface area contributed by atoms with Gasteiger partial charge in [0.25, 0.3) is 0 Å². The molecule has 2 rings (SSSR count). The summed E-state index contributed by atoms with van der Waals surface area (Å²) in [5.74, 6) is -0.736. The summed E-state index contributed by atoms with van der Waals surface area (Å²) in [7, 11) is 0. The van der Waals surface area contributed by atoms with Crippen LogP contribution in [0.2, 0.25) is 0 Å². The Hall–Kier alpha value is -1.56. The standard InChI is InChI=1S/C14H19NO4S/c1-8(2)7-19-14(18)15-12-11(13(16)17)9-5-3-4-6-10(9)20-12/h8H,3-7H2,1-2H3,(H,15,18)(H,16,17). The first-order chi connectivity index (χ1) is 9.49. The smallest absolute Gasteiger partial charge is 0.412 e. The Morgan fingerprint density at radius 3 is 2.70 bits per heavy atom. The number of ether oxygens (including phenoxy) is 1. The molecule has 0 aromatic carbocycles. The minimum atomic E-state index is -0.983. The van der Waals surface area contributed by atoms with Crippen LogP contribution in [0.3, 0.4) is 0 Å². The Morgan fingerprint density at radius 2 is 2.05 bits per heavy atom. The van der Waals surface area contributed by atoms with Crippen LogP contribution in [-0.2, 0) is 17.6 Å². The zero-order chi connectivity index (χ0) is 14.7. The minimum Gasteiger partial charge on any atom is -0.478 e. The summed E-state index contributed by atoms with van der Waals surface area (Å²) in [6.45, 7) is 4.21. The molecule has 2 N–H and O–H groups in total. The first-order valence-corrected chi connectivity index (χ1v) is 7.62. The van der Waals surface area contributed by atoms with Gasteiger partial charge in [-0.05, 0) is 37.2 Å². The molecule has 1 heterocycles. The molecule has 0 saturated heterocycles. The molecular formula is C14H19NO4S. The number of carbonyl (C=O) groups is 2. The van der Waals surface area contributed by atoms with Crippen LogP contribution >= 0.6 is 11.3 Å². The highest BCUT2D eigenvalue weighted by Crippen LogP contribution is 2.38. The summed E-state index contributed by atoms with van der Waals surface area (Å²) in [6, 6.07) is 0. The number of aryl methyl sites for hydroxylation is 1. The molecule has 5 nitrogen and oxygen atoms in total. The minimum absolute atomic E-state index is 0.242. The van der Waals surface area contributed by atoms with E-state index >= 15 is 0 Å². The van der Waals surface area contributed by atoms with Crippen molar-refractivity contribution in [3.8, 4) is 0 Å². The van der Waals surface area contributed by atoms with Gasteiger partial charge in [0.05, 0.1) is 12.2 Å². The van der Waals surface area contributed by atoms with Gasteiger partial charge in [-0.3, -0.25) is 5.32 Å². The fraction of sp³-hybridized carbons (Fsp3) is 0.571. The summed E-state index contributed by atoms with van der Waals surface area (Å²) < 4.78 is 5.04. The summed E-state index contributed by atoms with van der Waals surface area (Å²) in [5, 5.41) is 12.3. The number of hydrogen-bond donors (Lipinski definition) is 2. The summed E-state index contributed by atoms with van der Waals surface area (Å²) >= 11 is 1.36. The average Bonchev–Trinajstić information content (AvgIpc) is 2.74. The lowest BCUT2D eigenvalue weighted by atomic mass is 9.95. The fourth-order valence-corrected chi connectivity index (χ4v) is 3.52. The molecule has 0 radical (unpaired) electrons. The van der Waals surface area contributed by atoms with Gasteiger partial charge in [-0.25, -0.2) is 9.59 Å². The van der Waals surface area contributed by atoms with Gasteiger partial charge in [0, 0.05) is 4.88 Å². The predicted molar refractivity (Wildman–Crippen MR) is 77.7 cm³/mol. The number of fused-ring (bicyclic) bond motifs is 1. The van der Waals surface area contributed by atoms with Crippen molar-refractivity contribution in [2.75, 3.05) is 11.9 Å². The first-order valence-electron chi connectivity index (χ1n) is 6.80. The van der Waals surface area contributed by atoms with E-state index in [2.05, 4.69) is 5.32 Å². The van der Waals surface area contributed by atoms with Gasteiger partial charge in [0.15, 0.2) is 0 Å². The number of hydrogen-bond acceptors (Lipinski definition) is 4. The van der Waals surface area contributed by atoms with Crippen LogP contribution in [0.1, 0.15) is 47.5 Å². The summed E-state index contributed by atoms with van der Waals surface area (Å²) in [4.78, 5) is 24.2. The van der Waals surface area contributed by atoms with Crippen molar-refractivity contribution in [1.82, 2.24) is 0 Å². The molecule has 0 unspecified atom stereocenters. The van der Waals surface area contributed by atoms with Crippen molar-refractivity contribution in [2.24, 2.45) is 5.92 Å². The quantitative estimate of drug-likeness (QED) is 0.891. The van der Waals surface area contributed by atoms with Crippen LogP contribution in [0.15, 0.2) is 0 Å². The lowest BCUT2D eigenvalue weighted by Crippen LogP contribution is -2.17. The molecule has 0 spiro atoms. The zero-order valence-corrected chi connectivity index (χ0v) is 12.5. The van der Waals surface area contributed by atoms with E-state index in [1.54, 1.807) is 0 Å². The van der Waals surface area contributed by atoms with Gasteiger partial charge >= 0.3 is 12.1 Å². The molecule has 1 aromatic heterocycles. The molecule has 0 fully saturated rings. The van der Waals surface area contributed by atoms with Crippen LogP contribution < -0.4 is 5.32 Å². The highest BCUT2D eigenvalue weighted by Gasteiger charge is 2.26. The van der Waals surface area contributed by atoms with E-state index in [1.807, 2.05) is 13.8 Å². The Balaban J connectivity index is 2.17. The van der Waals surface area contributed by atoms with Crippen LogP contribution in [0.4, 0.5) is 9.80 Å². The topological polar surface area (TPSA) is 75.6 Å². The SMILES string of the molecule is CC(C)COC(=O)Nc1sc2c(c1C(=O)O)CCCC2. The molecule has 0 atom stereocenters. The van der Waals surface area contributed by atoms with Gasteiger partial charge in [-0.1, -0.05) is 13.8 Å². The van der Waals surface area contributed by atoms with Crippen molar-refractivity contribution < 1.29 is 19.4 Å². The van der Waals surface area contributed by atoms with E-state index in [-0.39, 0.29) is 11.5 Å². The Kier molecular flexibility index (Phi) is 4.65. The molecule has 0 bridgehead atoms. The van der Waals surface area contributed by atoms with Crippen molar-refractivity contribution in [2.45, 2.75) is 39.5 Å². The van der Waals surface area contributed by atoms with E-state index in [4.69, 9.17) is 4.74 Å². The number of aromatic carboxylic acids is 1. The third-order valence-corrected chi connectivity index (χ3v) is 4.36. The van der Waals surface area contributed by atoms with Crippen molar-refractivity contribution >= 4 is 28.4 Å². The van der Waals surface area contributed by atoms with Gasteiger partial charge in [0.1, 0.15) is 5.00 Å². The number of thiophene rings is 1.